The summed E-state index contributed by atoms with van der Waals surface area (Å²) in [6.07, 6.45) is 1.39. The Bertz CT molecular complexity index is 461. The Hall–Kier alpha value is -2.24. The monoisotopic (exact) mass is 240 g/mol. The fraction of sp³-hybridized carbons (Fsp3) is 0.0909. The Kier molecular flexibility index (Phi) is 4.33. The smallest absolute Gasteiger partial charge is 0.313 e. The third kappa shape index (κ3) is 3.67. The highest BCUT2D eigenvalue weighted by molar-refractivity contribution is 6.39. The van der Waals surface area contributed by atoms with Crippen molar-refractivity contribution < 1.29 is 18.4 Å². The third-order valence-electron chi connectivity index (χ3n) is 1.79. The van der Waals surface area contributed by atoms with Crippen molar-refractivity contribution >= 4 is 17.5 Å². The molecule has 90 valence electrons. The standard InChI is InChI=1S/C11H10F2N2O2/c1-2-5-14-10(16)11(17)15-9-4-3-7(12)6-8(9)13/h2-4,6H,1,5H2,(H,14,16)(H,15,17). The summed E-state index contributed by atoms with van der Waals surface area (Å²) >= 11 is 0. The lowest BCUT2D eigenvalue weighted by Crippen LogP contribution is -2.35. The van der Waals surface area contributed by atoms with E-state index in [4.69, 9.17) is 0 Å². The normalized spacial score (nSPS) is 9.53. The average molecular weight is 240 g/mol. The van der Waals surface area contributed by atoms with Crippen LogP contribution in [0.25, 0.3) is 0 Å². The maximum atomic E-state index is 13.1. The Morgan fingerprint density at radius 1 is 1.29 bits per heavy atom. The highest BCUT2D eigenvalue weighted by atomic mass is 19.1. The van der Waals surface area contributed by atoms with Gasteiger partial charge in [-0.2, -0.15) is 0 Å². The Labute approximate surface area is 96.3 Å². The molecule has 17 heavy (non-hydrogen) atoms. The molecule has 0 aliphatic heterocycles. The lowest BCUT2D eigenvalue weighted by atomic mass is 10.3. The molecular weight excluding hydrogens is 230 g/mol. The number of hydrogen-bond acceptors (Lipinski definition) is 2. The van der Waals surface area contributed by atoms with Crippen LogP contribution in [-0.4, -0.2) is 18.4 Å². The summed E-state index contributed by atoms with van der Waals surface area (Å²) in [5.74, 6) is -3.67. The van der Waals surface area contributed by atoms with Crippen molar-refractivity contribution in [2.24, 2.45) is 0 Å². The van der Waals surface area contributed by atoms with Gasteiger partial charge in [0.05, 0.1) is 5.69 Å². The van der Waals surface area contributed by atoms with Gasteiger partial charge in [-0.25, -0.2) is 8.78 Å². The van der Waals surface area contributed by atoms with E-state index in [0.29, 0.717) is 6.07 Å². The van der Waals surface area contributed by atoms with Crippen molar-refractivity contribution in [2.75, 3.05) is 11.9 Å². The fourth-order valence-corrected chi connectivity index (χ4v) is 1.02. The van der Waals surface area contributed by atoms with Crippen LogP contribution in [0.4, 0.5) is 14.5 Å². The molecule has 2 amide bonds. The van der Waals surface area contributed by atoms with E-state index in [2.05, 4.69) is 11.9 Å². The van der Waals surface area contributed by atoms with Gasteiger partial charge in [-0.1, -0.05) is 6.08 Å². The van der Waals surface area contributed by atoms with Crippen molar-refractivity contribution in [1.82, 2.24) is 5.32 Å². The second-order valence-electron chi connectivity index (χ2n) is 3.08. The van der Waals surface area contributed by atoms with Crippen LogP contribution in [0.15, 0.2) is 30.9 Å². The number of amides is 2. The molecule has 1 rings (SSSR count). The predicted octanol–water partition coefficient (Wildman–Crippen LogP) is 1.21. The second kappa shape index (κ2) is 5.74. The molecule has 0 unspecified atom stereocenters. The molecule has 0 radical (unpaired) electrons. The van der Waals surface area contributed by atoms with Gasteiger partial charge in [-0.15, -0.1) is 6.58 Å². The van der Waals surface area contributed by atoms with Gasteiger partial charge >= 0.3 is 11.8 Å². The molecule has 6 heteroatoms. The molecule has 2 N–H and O–H groups in total. The SMILES string of the molecule is C=CCNC(=O)C(=O)Nc1ccc(F)cc1F. The van der Waals surface area contributed by atoms with Crippen LogP contribution in [0, 0.1) is 11.6 Å². The van der Waals surface area contributed by atoms with Crippen LogP contribution < -0.4 is 10.6 Å². The van der Waals surface area contributed by atoms with E-state index in [1.807, 2.05) is 5.32 Å². The predicted molar refractivity (Wildman–Crippen MR) is 58.2 cm³/mol. The molecule has 1 aromatic rings. The number of carbonyl (C=O) groups excluding carboxylic acids is 2. The number of rotatable bonds is 3. The molecule has 0 saturated heterocycles. The molecule has 0 aromatic heterocycles. The van der Waals surface area contributed by atoms with Gasteiger partial charge in [-0.3, -0.25) is 9.59 Å². The van der Waals surface area contributed by atoms with Crippen LogP contribution >= 0.6 is 0 Å². The molecule has 0 aliphatic rings. The molecule has 1 aromatic carbocycles. The zero-order valence-corrected chi connectivity index (χ0v) is 8.80. The highest BCUT2D eigenvalue weighted by Crippen LogP contribution is 2.14. The number of hydrogen-bond donors (Lipinski definition) is 2. The minimum absolute atomic E-state index is 0.123. The van der Waals surface area contributed by atoms with E-state index in [-0.39, 0.29) is 12.2 Å². The molecule has 4 nitrogen and oxygen atoms in total. The highest BCUT2D eigenvalue weighted by Gasteiger charge is 2.14. The van der Waals surface area contributed by atoms with E-state index in [0.717, 1.165) is 12.1 Å². The van der Waals surface area contributed by atoms with Crippen molar-refractivity contribution in [3.8, 4) is 0 Å². The van der Waals surface area contributed by atoms with E-state index in [1.165, 1.54) is 6.08 Å². The molecular formula is C11H10F2N2O2. The summed E-state index contributed by atoms with van der Waals surface area (Å²) in [6, 6.07) is 2.61. The lowest BCUT2D eigenvalue weighted by Gasteiger charge is -2.05. The average Bonchev–Trinajstić information content (AvgIpc) is 2.29. The van der Waals surface area contributed by atoms with E-state index >= 15 is 0 Å². The maximum absolute atomic E-state index is 13.1. The van der Waals surface area contributed by atoms with Gasteiger partial charge < -0.3 is 10.6 Å². The summed E-state index contributed by atoms with van der Waals surface area (Å²) in [4.78, 5) is 22.4. The first-order chi connectivity index (χ1) is 8.04. The second-order valence-corrected chi connectivity index (χ2v) is 3.08. The zero-order valence-electron chi connectivity index (χ0n) is 8.80. The van der Waals surface area contributed by atoms with Crippen molar-refractivity contribution in [2.45, 2.75) is 0 Å². The number of benzene rings is 1. The van der Waals surface area contributed by atoms with Gasteiger partial charge in [0.1, 0.15) is 11.6 Å². The number of carbonyl (C=O) groups is 2. The first-order valence-electron chi connectivity index (χ1n) is 4.69. The van der Waals surface area contributed by atoms with Gasteiger partial charge in [0.25, 0.3) is 0 Å². The Morgan fingerprint density at radius 3 is 2.59 bits per heavy atom. The first kappa shape index (κ1) is 12.8. The number of anilines is 1. The van der Waals surface area contributed by atoms with Crippen LogP contribution in [0.2, 0.25) is 0 Å². The van der Waals surface area contributed by atoms with Crippen LogP contribution in [0.5, 0.6) is 0 Å². The lowest BCUT2D eigenvalue weighted by molar-refractivity contribution is -0.136. The van der Waals surface area contributed by atoms with Gasteiger partial charge in [0.15, 0.2) is 0 Å². The molecule has 0 saturated carbocycles. The van der Waals surface area contributed by atoms with Crippen molar-refractivity contribution in [1.29, 1.82) is 0 Å². The van der Waals surface area contributed by atoms with Gasteiger partial charge in [0, 0.05) is 12.6 Å². The number of nitrogens with one attached hydrogen (secondary N) is 2. The van der Waals surface area contributed by atoms with Crippen LogP contribution in [-0.2, 0) is 9.59 Å². The van der Waals surface area contributed by atoms with Gasteiger partial charge in [-0.05, 0) is 12.1 Å². The largest absolute Gasteiger partial charge is 0.344 e. The van der Waals surface area contributed by atoms with Crippen LogP contribution in [0.1, 0.15) is 0 Å². The summed E-state index contributed by atoms with van der Waals surface area (Å²) in [5.41, 5.74) is -0.259. The van der Waals surface area contributed by atoms with Crippen molar-refractivity contribution in [3.05, 3.63) is 42.5 Å². The molecule has 0 aliphatic carbocycles. The third-order valence-corrected chi connectivity index (χ3v) is 1.79. The molecule has 0 heterocycles. The Morgan fingerprint density at radius 2 is 2.00 bits per heavy atom. The zero-order chi connectivity index (χ0) is 12.8. The quantitative estimate of drug-likeness (QED) is 0.616. The summed E-state index contributed by atoms with van der Waals surface area (Å²) < 4.78 is 25.7. The fourth-order valence-electron chi connectivity index (χ4n) is 1.02. The molecule has 0 bridgehead atoms. The summed E-state index contributed by atoms with van der Waals surface area (Å²) in [7, 11) is 0. The minimum atomic E-state index is -1.03. The van der Waals surface area contributed by atoms with E-state index in [1.54, 1.807) is 0 Å². The number of halogens is 2. The first-order valence-corrected chi connectivity index (χ1v) is 4.69. The Balaban J connectivity index is 2.67. The summed E-state index contributed by atoms with van der Waals surface area (Å²) in [6.45, 7) is 3.47. The van der Waals surface area contributed by atoms with Gasteiger partial charge in [0.2, 0.25) is 0 Å². The van der Waals surface area contributed by atoms with Crippen LogP contribution in [0.3, 0.4) is 0 Å². The molecule has 0 atom stereocenters. The topological polar surface area (TPSA) is 58.2 Å². The summed E-state index contributed by atoms with van der Waals surface area (Å²) in [5, 5.41) is 4.24. The molecule has 0 spiro atoms. The molecule has 0 fully saturated rings. The van der Waals surface area contributed by atoms with E-state index in [9.17, 15) is 18.4 Å². The van der Waals surface area contributed by atoms with E-state index < -0.39 is 23.4 Å². The van der Waals surface area contributed by atoms with Crippen molar-refractivity contribution in [3.63, 3.8) is 0 Å². The maximum Gasteiger partial charge on any atom is 0.313 e. The minimum Gasteiger partial charge on any atom is -0.344 e.